The van der Waals surface area contributed by atoms with Crippen LogP contribution in [0.25, 0.3) is 0 Å². The van der Waals surface area contributed by atoms with E-state index >= 15 is 0 Å². The van der Waals surface area contributed by atoms with E-state index in [2.05, 4.69) is 24.5 Å². The molecule has 1 unspecified atom stereocenters. The normalized spacial score (nSPS) is 18.1. The van der Waals surface area contributed by atoms with Gasteiger partial charge in [-0.2, -0.15) is 0 Å². The minimum atomic E-state index is -1.79. The molecule has 5 heteroatoms. The van der Waals surface area contributed by atoms with E-state index in [4.69, 9.17) is 9.16 Å². The molecule has 4 nitrogen and oxygen atoms in total. The lowest BCUT2D eigenvalue weighted by molar-refractivity contribution is -0.127. The van der Waals surface area contributed by atoms with E-state index in [1.165, 1.54) is 0 Å². The second-order valence-corrected chi connectivity index (χ2v) is 11.2. The summed E-state index contributed by atoms with van der Waals surface area (Å²) in [5.41, 5.74) is 0.969. The van der Waals surface area contributed by atoms with Crippen LogP contribution in [0.3, 0.4) is 0 Å². The Balaban J connectivity index is 1.99. The number of hydrogen-bond acceptors (Lipinski definition) is 4. The van der Waals surface area contributed by atoms with E-state index < -0.39 is 14.4 Å². The number of nitrogens with zero attached hydrogens (tertiary/aromatic N) is 1. The SMILES string of the molecule is C[Si](C)(C)OC(C(=O)CCN1CCOCC1)c1ccccc1. The largest absolute Gasteiger partial charge is 0.404 e. The van der Waals surface area contributed by atoms with Gasteiger partial charge in [0.1, 0.15) is 6.10 Å². The van der Waals surface area contributed by atoms with Crippen molar-refractivity contribution in [1.82, 2.24) is 4.90 Å². The molecule has 1 heterocycles. The highest BCUT2D eigenvalue weighted by molar-refractivity contribution is 6.69. The molecule has 0 N–H and O–H groups in total. The van der Waals surface area contributed by atoms with Crippen LogP contribution in [-0.4, -0.2) is 51.8 Å². The minimum absolute atomic E-state index is 0.181. The van der Waals surface area contributed by atoms with Gasteiger partial charge in [-0.25, -0.2) is 0 Å². The van der Waals surface area contributed by atoms with Gasteiger partial charge in [0.2, 0.25) is 0 Å². The Kier molecular flexibility index (Phi) is 6.32. The van der Waals surface area contributed by atoms with Crippen molar-refractivity contribution in [2.24, 2.45) is 0 Å². The van der Waals surface area contributed by atoms with Crippen molar-refractivity contribution in [3.63, 3.8) is 0 Å². The molecule has 1 atom stereocenters. The zero-order valence-electron chi connectivity index (χ0n) is 13.9. The molecule has 0 radical (unpaired) electrons. The average Bonchev–Trinajstić information content (AvgIpc) is 2.51. The fraction of sp³-hybridized carbons (Fsp3) is 0.588. The summed E-state index contributed by atoms with van der Waals surface area (Å²) in [7, 11) is -1.79. The van der Waals surface area contributed by atoms with Crippen LogP contribution < -0.4 is 0 Å². The molecule has 1 aromatic rings. The van der Waals surface area contributed by atoms with Crippen molar-refractivity contribution in [3.05, 3.63) is 35.9 Å². The Labute approximate surface area is 134 Å². The highest BCUT2D eigenvalue weighted by Crippen LogP contribution is 2.24. The summed E-state index contributed by atoms with van der Waals surface area (Å²) >= 11 is 0. The van der Waals surface area contributed by atoms with E-state index in [-0.39, 0.29) is 5.78 Å². The molecule has 1 aliphatic heterocycles. The summed E-state index contributed by atoms with van der Waals surface area (Å²) in [6.07, 6.45) is 0.109. The van der Waals surface area contributed by atoms with Crippen LogP contribution in [0.2, 0.25) is 19.6 Å². The minimum Gasteiger partial charge on any atom is -0.404 e. The standard InChI is InChI=1S/C17H27NO3Si/c1-22(2,3)21-17(15-7-5-4-6-8-15)16(19)9-10-18-11-13-20-14-12-18/h4-8,17H,9-14H2,1-3H3. The van der Waals surface area contributed by atoms with Crippen molar-refractivity contribution in [3.8, 4) is 0 Å². The van der Waals surface area contributed by atoms with Gasteiger partial charge >= 0.3 is 0 Å². The van der Waals surface area contributed by atoms with E-state index in [9.17, 15) is 4.79 Å². The topological polar surface area (TPSA) is 38.8 Å². The maximum absolute atomic E-state index is 12.7. The highest BCUT2D eigenvalue weighted by atomic mass is 28.4. The van der Waals surface area contributed by atoms with Crippen LogP contribution >= 0.6 is 0 Å². The molecule has 2 rings (SSSR count). The number of carbonyl (C=O) groups is 1. The zero-order valence-corrected chi connectivity index (χ0v) is 14.9. The zero-order chi connectivity index (χ0) is 16.0. The number of ketones is 1. The molecule has 1 fully saturated rings. The smallest absolute Gasteiger partial charge is 0.185 e. The third-order valence-corrected chi connectivity index (χ3v) is 4.59. The lowest BCUT2D eigenvalue weighted by atomic mass is 10.0. The number of Topliss-reactive ketones (excluding diaryl/α,β-unsaturated/α-hetero) is 1. The highest BCUT2D eigenvalue weighted by Gasteiger charge is 2.28. The second-order valence-electron chi connectivity index (χ2n) is 6.69. The fourth-order valence-electron chi connectivity index (χ4n) is 2.53. The molecule has 122 valence electrons. The Morgan fingerprint density at radius 3 is 2.45 bits per heavy atom. The maximum Gasteiger partial charge on any atom is 0.185 e. The first kappa shape index (κ1) is 17.3. The van der Waals surface area contributed by atoms with Gasteiger partial charge in [0.15, 0.2) is 14.1 Å². The summed E-state index contributed by atoms with van der Waals surface area (Å²) in [5, 5.41) is 0. The molecular weight excluding hydrogens is 294 g/mol. The van der Waals surface area contributed by atoms with Gasteiger partial charge in [-0.05, 0) is 25.2 Å². The summed E-state index contributed by atoms with van der Waals surface area (Å²) in [6, 6.07) is 9.86. The van der Waals surface area contributed by atoms with Crippen LogP contribution in [0, 0.1) is 0 Å². The van der Waals surface area contributed by atoms with Crippen LogP contribution in [0.1, 0.15) is 18.1 Å². The van der Waals surface area contributed by atoms with Gasteiger partial charge in [-0.1, -0.05) is 30.3 Å². The van der Waals surface area contributed by atoms with Crippen LogP contribution in [0.4, 0.5) is 0 Å². The fourth-order valence-corrected chi connectivity index (χ4v) is 3.50. The molecular formula is C17H27NO3Si. The van der Waals surface area contributed by atoms with Gasteiger partial charge in [0.25, 0.3) is 0 Å². The number of benzene rings is 1. The van der Waals surface area contributed by atoms with Crippen LogP contribution in [0.5, 0.6) is 0 Å². The predicted molar refractivity (Wildman–Crippen MR) is 90.5 cm³/mol. The van der Waals surface area contributed by atoms with Gasteiger partial charge in [-0.15, -0.1) is 0 Å². The van der Waals surface area contributed by atoms with E-state index in [1.807, 2.05) is 30.3 Å². The molecule has 22 heavy (non-hydrogen) atoms. The van der Waals surface area contributed by atoms with E-state index in [0.717, 1.165) is 38.4 Å². The third kappa shape index (κ3) is 5.65. The van der Waals surface area contributed by atoms with Gasteiger partial charge < -0.3 is 9.16 Å². The molecule has 0 aliphatic carbocycles. The lowest BCUT2D eigenvalue weighted by Crippen LogP contribution is -2.38. The van der Waals surface area contributed by atoms with Crippen molar-refractivity contribution >= 4 is 14.1 Å². The Morgan fingerprint density at radius 1 is 1.23 bits per heavy atom. The Hall–Kier alpha value is -1.01. The van der Waals surface area contributed by atoms with E-state index in [0.29, 0.717) is 6.42 Å². The van der Waals surface area contributed by atoms with Crippen molar-refractivity contribution < 1.29 is 14.0 Å². The third-order valence-electron chi connectivity index (χ3n) is 3.64. The Morgan fingerprint density at radius 2 is 1.86 bits per heavy atom. The molecule has 0 amide bonds. The predicted octanol–water partition coefficient (Wildman–Crippen LogP) is 2.87. The molecule has 0 aromatic heterocycles. The lowest BCUT2D eigenvalue weighted by Gasteiger charge is -2.29. The number of morpholine rings is 1. The first-order valence-electron chi connectivity index (χ1n) is 8.01. The Bertz CT molecular complexity index is 467. The molecule has 1 saturated heterocycles. The molecule has 0 saturated carbocycles. The number of hydrogen-bond donors (Lipinski definition) is 0. The summed E-state index contributed by atoms with van der Waals surface area (Å²) in [5.74, 6) is 0.181. The van der Waals surface area contributed by atoms with E-state index in [1.54, 1.807) is 0 Å². The van der Waals surface area contributed by atoms with Crippen LogP contribution in [0.15, 0.2) is 30.3 Å². The molecule has 1 aromatic carbocycles. The van der Waals surface area contributed by atoms with Crippen molar-refractivity contribution in [2.75, 3.05) is 32.8 Å². The molecule has 0 spiro atoms. The van der Waals surface area contributed by atoms with Gasteiger partial charge in [0.05, 0.1) is 13.2 Å². The molecule has 0 bridgehead atoms. The number of rotatable bonds is 7. The first-order chi connectivity index (χ1) is 10.5. The number of ether oxygens (including phenoxy) is 1. The first-order valence-corrected chi connectivity index (χ1v) is 11.4. The monoisotopic (exact) mass is 321 g/mol. The molecule has 1 aliphatic rings. The summed E-state index contributed by atoms with van der Waals surface area (Å²) in [6.45, 7) is 10.5. The van der Waals surface area contributed by atoms with Crippen molar-refractivity contribution in [2.45, 2.75) is 32.2 Å². The average molecular weight is 321 g/mol. The summed E-state index contributed by atoms with van der Waals surface area (Å²) < 4.78 is 11.5. The summed E-state index contributed by atoms with van der Waals surface area (Å²) in [4.78, 5) is 15.0. The van der Waals surface area contributed by atoms with Crippen molar-refractivity contribution in [1.29, 1.82) is 0 Å². The van der Waals surface area contributed by atoms with Crippen LogP contribution in [-0.2, 0) is 14.0 Å². The maximum atomic E-state index is 12.7. The van der Waals surface area contributed by atoms with Gasteiger partial charge in [0, 0.05) is 26.1 Å². The second kappa shape index (κ2) is 8.01. The quantitative estimate of drug-likeness (QED) is 0.724. The van der Waals surface area contributed by atoms with Gasteiger partial charge in [-0.3, -0.25) is 9.69 Å². The number of carbonyl (C=O) groups excluding carboxylic acids is 1.